The van der Waals surface area contributed by atoms with Crippen LogP contribution in [0.15, 0.2) is 54.6 Å². The fraction of sp³-hybridized carbons (Fsp3) is 0.286. The lowest BCUT2D eigenvalue weighted by Crippen LogP contribution is -2.34. The summed E-state index contributed by atoms with van der Waals surface area (Å²) in [6.07, 6.45) is -0.792. The first kappa shape index (κ1) is 23.9. The van der Waals surface area contributed by atoms with E-state index in [1.54, 1.807) is 66.2 Å². The number of nitrogens with one attached hydrogen (secondary N) is 1. The fourth-order valence-electron chi connectivity index (χ4n) is 2.47. The second kappa shape index (κ2) is 13.1. The van der Waals surface area contributed by atoms with Crippen LogP contribution < -0.4 is 11.2 Å². The lowest BCUT2D eigenvalue weighted by molar-refractivity contribution is -0.121. The van der Waals surface area contributed by atoms with E-state index in [4.69, 9.17) is 10.6 Å². The molecule has 9 heteroatoms. The molecule has 0 fully saturated rings. The van der Waals surface area contributed by atoms with Gasteiger partial charge in [-0.25, -0.2) is 10.7 Å². The number of imide groups is 1. The number of ether oxygens (including phenoxy) is 1. The van der Waals surface area contributed by atoms with Crippen LogP contribution in [0.4, 0.5) is 4.79 Å². The Hall–Kier alpha value is -2.33. The molecule has 0 spiro atoms. The van der Waals surface area contributed by atoms with Crippen LogP contribution in [0, 0.1) is 0 Å². The van der Waals surface area contributed by atoms with Gasteiger partial charge in [0.1, 0.15) is 6.61 Å². The number of carbonyl (C=O) groups excluding carboxylic acids is 3. The molecule has 0 bridgehead atoms. The molecule has 30 heavy (non-hydrogen) atoms. The van der Waals surface area contributed by atoms with Crippen molar-refractivity contribution < 1.29 is 24.0 Å². The highest BCUT2D eigenvalue weighted by Crippen LogP contribution is 2.20. The van der Waals surface area contributed by atoms with Crippen LogP contribution in [-0.2, 0) is 14.4 Å². The molecule has 7 nitrogen and oxygen atoms in total. The third kappa shape index (κ3) is 7.83. The number of carbonyl (C=O) groups is 3. The highest BCUT2D eigenvalue weighted by atomic mass is 33.1. The van der Waals surface area contributed by atoms with Crippen LogP contribution in [0.2, 0.25) is 0 Å². The summed E-state index contributed by atoms with van der Waals surface area (Å²) in [7, 11) is 3.07. The number of hydrogen-bond donors (Lipinski definition) is 2. The largest absolute Gasteiger partial charge is 0.448 e. The van der Waals surface area contributed by atoms with Crippen LogP contribution in [0.3, 0.4) is 0 Å². The highest BCUT2D eigenvalue weighted by Gasteiger charge is 2.20. The molecule has 0 aliphatic carbocycles. The number of amides is 2. The van der Waals surface area contributed by atoms with Crippen molar-refractivity contribution >= 4 is 39.4 Å². The van der Waals surface area contributed by atoms with E-state index in [1.807, 2.05) is 6.07 Å². The minimum Gasteiger partial charge on any atom is -0.448 e. The van der Waals surface area contributed by atoms with Gasteiger partial charge in [0.05, 0.1) is 12.5 Å². The Morgan fingerprint density at radius 1 is 0.967 bits per heavy atom. The Kier molecular flexibility index (Phi) is 10.4. The quantitative estimate of drug-likeness (QED) is 0.233. The predicted molar refractivity (Wildman–Crippen MR) is 119 cm³/mol. The molecule has 2 aromatic carbocycles. The summed E-state index contributed by atoms with van der Waals surface area (Å²) in [6, 6.07) is 15.8. The molecule has 0 saturated heterocycles. The SMILES string of the molecule is CC(C(=O)NC(=O)OCCSSCCON)c1cccc(C(=O)c2ccccc2)c1. The molecule has 2 rings (SSSR count). The summed E-state index contributed by atoms with van der Waals surface area (Å²) in [5, 5.41) is 2.23. The van der Waals surface area contributed by atoms with E-state index < -0.39 is 17.9 Å². The molecule has 160 valence electrons. The maximum Gasteiger partial charge on any atom is 0.413 e. The van der Waals surface area contributed by atoms with Crippen LogP contribution in [0.25, 0.3) is 0 Å². The third-order valence-corrected chi connectivity index (χ3v) is 6.40. The van der Waals surface area contributed by atoms with Gasteiger partial charge in [-0.3, -0.25) is 14.9 Å². The van der Waals surface area contributed by atoms with E-state index in [9.17, 15) is 14.4 Å². The summed E-state index contributed by atoms with van der Waals surface area (Å²) in [4.78, 5) is 41.3. The molecule has 0 heterocycles. The van der Waals surface area contributed by atoms with Gasteiger partial charge < -0.3 is 9.57 Å². The monoisotopic (exact) mass is 448 g/mol. The maximum atomic E-state index is 12.6. The van der Waals surface area contributed by atoms with Gasteiger partial charge in [0, 0.05) is 22.6 Å². The summed E-state index contributed by atoms with van der Waals surface area (Å²) in [5.41, 5.74) is 1.69. The molecule has 2 amide bonds. The second-order valence-corrected chi connectivity index (χ2v) is 8.88. The molecule has 0 aliphatic rings. The van der Waals surface area contributed by atoms with Crippen molar-refractivity contribution in [2.75, 3.05) is 24.7 Å². The third-order valence-electron chi connectivity index (χ3n) is 4.07. The molecule has 0 aromatic heterocycles. The van der Waals surface area contributed by atoms with Crippen LogP contribution >= 0.6 is 21.6 Å². The van der Waals surface area contributed by atoms with Crippen LogP contribution in [0.5, 0.6) is 0 Å². The predicted octanol–water partition coefficient (Wildman–Crippen LogP) is 3.55. The maximum absolute atomic E-state index is 12.6. The average Bonchev–Trinajstić information content (AvgIpc) is 2.78. The lowest BCUT2D eigenvalue weighted by Gasteiger charge is -2.13. The Labute approximate surface area is 183 Å². The summed E-state index contributed by atoms with van der Waals surface area (Å²) < 4.78 is 5.01. The molecule has 0 saturated carbocycles. The zero-order chi connectivity index (χ0) is 21.8. The standard InChI is InChI=1S/C21H24N2O5S2/c1-15(20(25)23-21(26)27-10-12-29-30-13-11-28-22)17-8-5-9-18(14-17)19(24)16-6-3-2-4-7-16/h2-9,14-15H,10-13,22H2,1H3,(H,23,25,26). The van der Waals surface area contributed by atoms with Crippen LogP contribution in [-0.4, -0.2) is 42.5 Å². The summed E-state index contributed by atoms with van der Waals surface area (Å²) in [6.45, 7) is 2.29. The first-order valence-electron chi connectivity index (χ1n) is 9.26. The normalized spacial score (nSPS) is 11.5. The number of nitrogens with two attached hydrogens (primary N) is 1. The number of ketones is 1. The molecule has 3 N–H and O–H groups in total. The molecular weight excluding hydrogens is 424 g/mol. The summed E-state index contributed by atoms with van der Waals surface area (Å²) >= 11 is 0. The second-order valence-electron chi connectivity index (χ2n) is 6.18. The Balaban J connectivity index is 1.84. The molecule has 2 aromatic rings. The van der Waals surface area contributed by atoms with Crippen molar-refractivity contribution in [3.05, 3.63) is 71.3 Å². The van der Waals surface area contributed by atoms with Gasteiger partial charge in [0.2, 0.25) is 5.91 Å². The minimum absolute atomic E-state index is 0.127. The van der Waals surface area contributed by atoms with Gasteiger partial charge in [-0.2, -0.15) is 0 Å². The van der Waals surface area contributed by atoms with Gasteiger partial charge in [0.15, 0.2) is 5.78 Å². The molecule has 1 atom stereocenters. The van der Waals surface area contributed by atoms with Crippen molar-refractivity contribution in [3.63, 3.8) is 0 Å². The number of alkyl carbamates (subject to hydrolysis) is 1. The van der Waals surface area contributed by atoms with E-state index in [-0.39, 0.29) is 12.4 Å². The Bertz CT molecular complexity index is 848. The fourth-order valence-corrected chi connectivity index (χ4v) is 4.14. The number of benzene rings is 2. The summed E-state index contributed by atoms with van der Waals surface area (Å²) in [5.74, 6) is 4.99. The highest BCUT2D eigenvalue weighted by molar-refractivity contribution is 8.76. The first-order chi connectivity index (χ1) is 14.5. The number of rotatable bonds is 11. The first-order valence-corrected chi connectivity index (χ1v) is 11.7. The zero-order valence-electron chi connectivity index (χ0n) is 16.5. The van der Waals surface area contributed by atoms with E-state index in [2.05, 4.69) is 10.2 Å². The topological polar surface area (TPSA) is 108 Å². The van der Waals surface area contributed by atoms with E-state index in [0.29, 0.717) is 29.1 Å². The van der Waals surface area contributed by atoms with Crippen molar-refractivity contribution in [1.82, 2.24) is 5.32 Å². The minimum atomic E-state index is -0.792. The zero-order valence-corrected chi connectivity index (χ0v) is 18.2. The van der Waals surface area contributed by atoms with Gasteiger partial charge in [-0.15, -0.1) is 0 Å². The molecule has 0 radical (unpaired) electrons. The average molecular weight is 449 g/mol. The van der Waals surface area contributed by atoms with E-state index >= 15 is 0 Å². The smallest absolute Gasteiger partial charge is 0.413 e. The van der Waals surface area contributed by atoms with Gasteiger partial charge in [-0.1, -0.05) is 70.1 Å². The molecule has 0 aliphatic heterocycles. The van der Waals surface area contributed by atoms with Gasteiger partial charge in [0.25, 0.3) is 0 Å². The van der Waals surface area contributed by atoms with Crippen molar-refractivity contribution in [2.45, 2.75) is 12.8 Å². The van der Waals surface area contributed by atoms with E-state index in [1.165, 1.54) is 10.8 Å². The van der Waals surface area contributed by atoms with Crippen molar-refractivity contribution in [3.8, 4) is 0 Å². The van der Waals surface area contributed by atoms with Crippen molar-refractivity contribution in [2.24, 2.45) is 5.90 Å². The van der Waals surface area contributed by atoms with Crippen molar-refractivity contribution in [1.29, 1.82) is 0 Å². The van der Waals surface area contributed by atoms with Crippen LogP contribution in [0.1, 0.15) is 34.3 Å². The number of hydrogen-bond acceptors (Lipinski definition) is 8. The Morgan fingerprint density at radius 2 is 1.63 bits per heavy atom. The molecular formula is C21H24N2O5S2. The van der Waals surface area contributed by atoms with Gasteiger partial charge >= 0.3 is 6.09 Å². The lowest BCUT2D eigenvalue weighted by atomic mass is 9.95. The van der Waals surface area contributed by atoms with E-state index in [0.717, 1.165) is 5.75 Å². The Morgan fingerprint density at radius 3 is 2.33 bits per heavy atom. The molecule has 1 unspecified atom stereocenters. The van der Waals surface area contributed by atoms with Gasteiger partial charge in [-0.05, 0) is 18.6 Å².